The van der Waals surface area contributed by atoms with Crippen LogP contribution < -0.4 is 15.1 Å². The molecule has 2 aromatic rings. The molecule has 0 atom stereocenters. The van der Waals surface area contributed by atoms with Gasteiger partial charge in [-0.05, 0) is 36.4 Å². The lowest BCUT2D eigenvalue weighted by atomic mass is 10.2. The number of aromatic nitrogens is 1. The number of anilines is 2. The molecular weight excluding hydrogens is 520 g/mol. The normalized spacial score (nSPS) is 17.8. The predicted molar refractivity (Wildman–Crippen MR) is 140 cm³/mol. The monoisotopic (exact) mass is 553 g/mol. The molecule has 1 N–H and O–H groups in total. The van der Waals surface area contributed by atoms with Gasteiger partial charge in [0.15, 0.2) is 5.96 Å². The van der Waals surface area contributed by atoms with Crippen molar-refractivity contribution in [2.75, 3.05) is 82.3 Å². The second-order valence-corrected chi connectivity index (χ2v) is 7.94. The van der Waals surface area contributed by atoms with E-state index in [9.17, 15) is 4.39 Å². The summed E-state index contributed by atoms with van der Waals surface area (Å²) in [5.41, 5.74) is 1.10. The molecule has 0 unspecified atom stereocenters. The van der Waals surface area contributed by atoms with Crippen molar-refractivity contribution >= 4 is 41.4 Å². The number of piperazine rings is 2. The second kappa shape index (κ2) is 12.2. The molecular formula is C23H33FIN7. The third kappa shape index (κ3) is 6.44. The van der Waals surface area contributed by atoms with Gasteiger partial charge in [0, 0.05) is 84.4 Å². The molecule has 0 bridgehead atoms. The van der Waals surface area contributed by atoms with Gasteiger partial charge in [-0.2, -0.15) is 0 Å². The average Bonchev–Trinajstić information content (AvgIpc) is 2.84. The Morgan fingerprint density at radius 3 is 2.25 bits per heavy atom. The van der Waals surface area contributed by atoms with Crippen molar-refractivity contribution in [1.29, 1.82) is 0 Å². The molecule has 1 aromatic heterocycles. The van der Waals surface area contributed by atoms with Gasteiger partial charge in [0.05, 0.1) is 0 Å². The number of guanidine groups is 1. The van der Waals surface area contributed by atoms with E-state index in [-0.39, 0.29) is 29.8 Å². The Balaban J connectivity index is 0.00000289. The first-order valence-corrected chi connectivity index (χ1v) is 11.1. The average molecular weight is 553 g/mol. The van der Waals surface area contributed by atoms with Crippen LogP contribution >= 0.6 is 24.0 Å². The van der Waals surface area contributed by atoms with Crippen LogP contribution in [0, 0.1) is 5.82 Å². The van der Waals surface area contributed by atoms with E-state index in [1.807, 2.05) is 37.5 Å². The van der Waals surface area contributed by atoms with E-state index in [1.54, 1.807) is 0 Å². The Bertz CT molecular complexity index is 833. The standard InChI is InChI=1S/C23H32FN7.HI/c1-25-23(31-18-16-30(17-19-31)22-4-2-3-9-26-22)27-10-11-28-12-14-29(15-13-28)21-7-5-20(24)6-8-21;/h2-9H,10-19H2,1H3,(H,25,27);1H. The number of nitrogens with zero attached hydrogens (tertiary/aromatic N) is 6. The van der Waals surface area contributed by atoms with Gasteiger partial charge >= 0.3 is 0 Å². The molecule has 9 heteroatoms. The van der Waals surface area contributed by atoms with E-state index in [0.717, 1.165) is 82.9 Å². The fourth-order valence-electron chi connectivity index (χ4n) is 4.23. The lowest BCUT2D eigenvalue weighted by Crippen LogP contribution is -2.54. The van der Waals surface area contributed by atoms with Crippen molar-refractivity contribution < 1.29 is 4.39 Å². The number of hydrogen-bond acceptors (Lipinski definition) is 5. The molecule has 0 saturated carbocycles. The molecule has 4 rings (SSSR count). The Hall–Kier alpha value is -2.14. The van der Waals surface area contributed by atoms with Gasteiger partial charge in [0.1, 0.15) is 11.6 Å². The van der Waals surface area contributed by atoms with E-state index < -0.39 is 0 Å². The van der Waals surface area contributed by atoms with E-state index in [2.05, 4.69) is 41.0 Å². The third-order valence-corrected chi connectivity index (χ3v) is 6.04. The van der Waals surface area contributed by atoms with Crippen molar-refractivity contribution in [2.24, 2.45) is 4.99 Å². The maximum absolute atomic E-state index is 13.1. The molecule has 3 heterocycles. The van der Waals surface area contributed by atoms with E-state index in [1.165, 1.54) is 12.1 Å². The minimum absolute atomic E-state index is 0. The first-order valence-electron chi connectivity index (χ1n) is 11.1. The molecule has 2 aliphatic rings. The van der Waals surface area contributed by atoms with Crippen LogP contribution in [0.2, 0.25) is 0 Å². The molecule has 0 spiro atoms. The van der Waals surface area contributed by atoms with E-state index >= 15 is 0 Å². The number of benzene rings is 1. The zero-order chi connectivity index (χ0) is 21.5. The molecule has 0 radical (unpaired) electrons. The van der Waals surface area contributed by atoms with Crippen LogP contribution in [0.5, 0.6) is 0 Å². The summed E-state index contributed by atoms with van der Waals surface area (Å²) >= 11 is 0. The number of halogens is 2. The lowest BCUT2D eigenvalue weighted by Gasteiger charge is -2.38. The summed E-state index contributed by atoms with van der Waals surface area (Å²) in [4.78, 5) is 18.4. The molecule has 0 amide bonds. The molecule has 174 valence electrons. The van der Waals surface area contributed by atoms with E-state index in [0.29, 0.717) is 0 Å². The first-order chi connectivity index (χ1) is 15.2. The molecule has 1 aromatic carbocycles. The largest absolute Gasteiger partial charge is 0.369 e. The Morgan fingerprint density at radius 1 is 0.938 bits per heavy atom. The fraction of sp³-hybridized carbons (Fsp3) is 0.478. The Labute approximate surface area is 207 Å². The minimum Gasteiger partial charge on any atom is -0.369 e. The summed E-state index contributed by atoms with van der Waals surface area (Å²) in [5, 5.41) is 3.54. The van der Waals surface area contributed by atoms with Crippen LogP contribution in [-0.4, -0.2) is 93.2 Å². The summed E-state index contributed by atoms with van der Waals surface area (Å²) in [5.74, 6) is 1.84. The first kappa shape index (κ1) is 24.5. The molecule has 0 aliphatic carbocycles. The Kier molecular flexibility index (Phi) is 9.34. The number of pyridine rings is 1. The zero-order valence-corrected chi connectivity index (χ0v) is 21.0. The van der Waals surface area contributed by atoms with Crippen LogP contribution in [0.15, 0.2) is 53.7 Å². The SMILES string of the molecule is CN=C(NCCN1CCN(c2ccc(F)cc2)CC1)N1CCN(c2ccccn2)CC1.I. The highest BCUT2D eigenvalue weighted by Crippen LogP contribution is 2.17. The number of rotatable bonds is 5. The summed E-state index contributed by atoms with van der Waals surface area (Å²) in [6, 6.07) is 12.9. The topological polar surface area (TPSA) is 50.2 Å². The van der Waals surface area contributed by atoms with Gasteiger partial charge < -0.3 is 20.0 Å². The molecule has 2 aliphatic heterocycles. The molecule has 2 fully saturated rings. The van der Waals surface area contributed by atoms with Gasteiger partial charge in [-0.1, -0.05) is 6.07 Å². The number of nitrogens with one attached hydrogen (secondary N) is 1. The van der Waals surface area contributed by atoms with Crippen LogP contribution in [0.4, 0.5) is 15.9 Å². The Morgan fingerprint density at radius 2 is 1.62 bits per heavy atom. The summed E-state index contributed by atoms with van der Waals surface area (Å²) in [7, 11) is 1.86. The van der Waals surface area contributed by atoms with Crippen molar-refractivity contribution in [3.8, 4) is 0 Å². The summed E-state index contributed by atoms with van der Waals surface area (Å²) < 4.78 is 13.1. The zero-order valence-electron chi connectivity index (χ0n) is 18.7. The fourth-order valence-corrected chi connectivity index (χ4v) is 4.23. The van der Waals surface area contributed by atoms with Crippen LogP contribution in [0.1, 0.15) is 0 Å². The molecule has 32 heavy (non-hydrogen) atoms. The van der Waals surface area contributed by atoms with Crippen molar-refractivity contribution in [2.45, 2.75) is 0 Å². The maximum atomic E-state index is 13.1. The van der Waals surface area contributed by atoms with E-state index in [4.69, 9.17) is 0 Å². The van der Waals surface area contributed by atoms with Gasteiger partial charge in [-0.25, -0.2) is 9.37 Å². The van der Waals surface area contributed by atoms with Crippen LogP contribution in [-0.2, 0) is 0 Å². The predicted octanol–water partition coefficient (Wildman–Crippen LogP) is 2.36. The van der Waals surface area contributed by atoms with Crippen molar-refractivity contribution in [1.82, 2.24) is 20.1 Å². The van der Waals surface area contributed by atoms with Crippen molar-refractivity contribution in [3.63, 3.8) is 0 Å². The number of aliphatic imine (C=N–C) groups is 1. The molecule has 7 nitrogen and oxygen atoms in total. The summed E-state index contributed by atoms with van der Waals surface area (Å²) in [6.07, 6.45) is 1.85. The highest BCUT2D eigenvalue weighted by Gasteiger charge is 2.21. The maximum Gasteiger partial charge on any atom is 0.193 e. The third-order valence-electron chi connectivity index (χ3n) is 6.04. The van der Waals surface area contributed by atoms with Gasteiger partial charge in [0.2, 0.25) is 0 Å². The second-order valence-electron chi connectivity index (χ2n) is 7.94. The highest BCUT2D eigenvalue weighted by molar-refractivity contribution is 14.0. The lowest BCUT2D eigenvalue weighted by molar-refractivity contribution is 0.260. The van der Waals surface area contributed by atoms with Crippen LogP contribution in [0.3, 0.4) is 0 Å². The van der Waals surface area contributed by atoms with Crippen LogP contribution in [0.25, 0.3) is 0 Å². The highest BCUT2D eigenvalue weighted by atomic mass is 127. The molecule has 2 saturated heterocycles. The number of hydrogen-bond donors (Lipinski definition) is 1. The smallest absolute Gasteiger partial charge is 0.193 e. The van der Waals surface area contributed by atoms with Crippen molar-refractivity contribution in [3.05, 3.63) is 54.5 Å². The van der Waals surface area contributed by atoms with Gasteiger partial charge in [-0.3, -0.25) is 9.89 Å². The van der Waals surface area contributed by atoms with Gasteiger partial charge in [-0.15, -0.1) is 24.0 Å². The van der Waals surface area contributed by atoms with Gasteiger partial charge in [0.25, 0.3) is 0 Å². The minimum atomic E-state index is -0.181. The summed E-state index contributed by atoms with van der Waals surface area (Å²) in [6.45, 7) is 9.60. The quantitative estimate of drug-likeness (QED) is 0.349.